The van der Waals surface area contributed by atoms with Crippen molar-refractivity contribution < 1.29 is 24.0 Å². The average Bonchev–Trinajstić information content (AvgIpc) is 2.68. The molecule has 0 aromatic heterocycles. The second kappa shape index (κ2) is 6.86. The summed E-state index contributed by atoms with van der Waals surface area (Å²) in [4.78, 5) is 51.6. The van der Waals surface area contributed by atoms with E-state index in [0.717, 1.165) is 6.42 Å². The molecule has 3 amide bonds. The molecular weight excluding hydrogens is 252 g/mol. The highest BCUT2D eigenvalue weighted by Crippen LogP contribution is 2.13. The fourth-order valence-corrected chi connectivity index (χ4v) is 1.67. The lowest BCUT2D eigenvalue weighted by Crippen LogP contribution is -2.33. The molecular formula is C12H18N2O5. The number of hydrogen-bond donors (Lipinski definition) is 0. The van der Waals surface area contributed by atoms with Crippen molar-refractivity contribution in [1.82, 2.24) is 9.96 Å². The van der Waals surface area contributed by atoms with Gasteiger partial charge in [0.15, 0.2) is 0 Å². The van der Waals surface area contributed by atoms with Gasteiger partial charge in [0.25, 0.3) is 11.8 Å². The highest BCUT2D eigenvalue weighted by Gasteiger charge is 2.32. The molecule has 7 nitrogen and oxygen atoms in total. The molecule has 0 aromatic rings. The predicted octanol–water partition coefficient (Wildman–Crippen LogP) is 0.242. The zero-order valence-corrected chi connectivity index (χ0v) is 11.2. The molecule has 1 saturated heterocycles. The second-order valence-electron chi connectivity index (χ2n) is 4.36. The summed E-state index contributed by atoms with van der Waals surface area (Å²) in [5.41, 5.74) is 0. The van der Waals surface area contributed by atoms with Gasteiger partial charge in [-0.2, -0.15) is 0 Å². The first-order valence-corrected chi connectivity index (χ1v) is 6.26. The van der Waals surface area contributed by atoms with Crippen molar-refractivity contribution in [2.75, 3.05) is 13.6 Å². The number of hydroxylamine groups is 2. The third-order valence-electron chi connectivity index (χ3n) is 2.73. The summed E-state index contributed by atoms with van der Waals surface area (Å²) in [5, 5.41) is 0.489. The van der Waals surface area contributed by atoms with Gasteiger partial charge in [0.2, 0.25) is 5.91 Å². The summed E-state index contributed by atoms with van der Waals surface area (Å²) in [7, 11) is 1.66. The predicted molar refractivity (Wildman–Crippen MR) is 64.3 cm³/mol. The molecule has 7 heteroatoms. The monoisotopic (exact) mass is 270 g/mol. The Hall–Kier alpha value is -1.92. The zero-order chi connectivity index (χ0) is 14.4. The number of nitrogens with zero attached hydrogens (tertiary/aromatic N) is 2. The van der Waals surface area contributed by atoms with Crippen LogP contribution < -0.4 is 0 Å². The number of carbonyl (C=O) groups is 4. The van der Waals surface area contributed by atoms with Crippen LogP contribution in [0.3, 0.4) is 0 Å². The molecule has 0 radical (unpaired) electrons. The number of carbonyl (C=O) groups excluding carboxylic acids is 4. The topological polar surface area (TPSA) is 84.0 Å². The maximum atomic E-state index is 11.6. The van der Waals surface area contributed by atoms with Crippen molar-refractivity contribution in [3.63, 3.8) is 0 Å². The Morgan fingerprint density at radius 1 is 1.21 bits per heavy atom. The Morgan fingerprint density at radius 2 is 1.79 bits per heavy atom. The van der Waals surface area contributed by atoms with E-state index >= 15 is 0 Å². The Kier molecular flexibility index (Phi) is 5.47. The van der Waals surface area contributed by atoms with Crippen LogP contribution in [0.25, 0.3) is 0 Å². The van der Waals surface area contributed by atoms with Crippen molar-refractivity contribution in [2.24, 2.45) is 0 Å². The molecule has 1 heterocycles. The molecule has 0 saturated carbocycles. The van der Waals surface area contributed by atoms with Gasteiger partial charge in [0.05, 0.1) is 6.42 Å². The van der Waals surface area contributed by atoms with Crippen LogP contribution in [0.15, 0.2) is 0 Å². The molecule has 0 unspecified atom stereocenters. The van der Waals surface area contributed by atoms with Gasteiger partial charge in [-0.25, -0.2) is 4.79 Å². The zero-order valence-electron chi connectivity index (χ0n) is 11.2. The van der Waals surface area contributed by atoms with Crippen LogP contribution in [0, 0.1) is 0 Å². The van der Waals surface area contributed by atoms with Gasteiger partial charge in [-0.1, -0.05) is 6.92 Å². The maximum Gasteiger partial charge on any atom is 0.333 e. The SMILES string of the molecule is CCCN(C)C(=O)CCC(=O)ON1C(=O)CCC1=O. The summed E-state index contributed by atoms with van der Waals surface area (Å²) in [5.74, 6) is -1.96. The van der Waals surface area contributed by atoms with E-state index in [-0.39, 0.29) is 31.6 Å². The minimum atomic E-state index is -0.748. The first-order chi connectivity index (χ1) is 8.95. The van der Waals surface area contributed by atoms with E-state index in [1.165, 1.54) is 4.90 Å². The highest BCUT2D eigenvalue weighted by atomic mass is 16.7. The van der Waals surface area contributed by atoms with Crippen molar-refractivity contribution in [2.45, 2.75) is 39.0 Å². The summed E-state index contributed by atoms with van der Waals surface area (Å²) >= 11 is 0. The molecule has 0 atom stereocenters. The fourth-order valence-electron chi connectivity index (χ4n) is 1.67. The van der Waals surface area contributed by atoms with Gasteiger partial charge >= 0.3 is 5.97 Å². The number of rotatable bonds is 6. The van der Waals surface area contributed by atoms with Crippen LogP contribution in [0.1, 0.15) is 39.0 Å². The number of amides is 3. The first kappa shape index (κ1) is 15.1. The Bertz CT molecular complexity index is 378. The van der Waals surface area contributed by atoms with Gasteiger partial charge < -0.3 is 9.74 Å². The van der Waals surface area contributed by atoms with E-state index in [1.54, 1.807) is 7.05 Å². The van der Waals surface area contributed by atoms with Gasteiger partial charge in [0, 0.05) is 32.9 Å². The minimum Gasteiger partial charge on any atom is -0.346 e. The largest absolute Gasteiger partial charge is 0.346 e. The van der Waals surface area contributed by atoms with E-state index < -0.39 is 17.8 Å². The summed E-state index contributed by atoms with van der Waals surface area (Å²) in [6.45, 7) is 2.57. The summed E-state index contributed by atoms with van der Waals surface area (Å²) in [6.07, 6.45) is 0.813. The maximum absolute atomic E-state index is 11.6. The van der Waals surface area contributed by atoms with Crippen LogP contribution in [-0.4, -0.2) is 47.2 Å². The molecule has 0 aromatic carbocycles. The van der Waals surface area contributed by atoms with Gasteiger partial charge in [-0.05, 0) is 6.42 Å². The smallest absolute Gasteiger partial charge is 0.333 e. The third kappa shape index (κ3) is 4.35. The second-order valence-corrected chi connectivity index (χ2v) is 4.36. The van der Waals surface area contributed by atoms with Crippen LogP contribution in [0.4, 0.5) is 0 Å². The highest BCUT2D eigenvalue weighted by molar-refractivity contribution is 6.01. The minimum absolute atomic E-state index is 0.00551. The van der Waals surface area contributed by atoms with E-state index in [1.807, 2.05) is 6.92 Å². The fraction of sp³-hybridized carbons (Fsp3) is 0.667. The lowest BCUT2D eigenvalue weighted by Gasteiger charge is -2.16. The molecule has 0 aliphatic carbocycles. The lowest BCUT2D eigenvalue weighted by molar-refractivity contribution is -0.197. The van der Waals surface area contributed by atoms with E-state index in [4.69, 9.17) is 0 Å². The van der Waals surface area contributed by atoms with Crippen molar-refractivity contribution in [3.05, 3.63) is 0 Å². The number of hydrogen-bond acceptors (Lipinski definition) is 5. The lowest BCUT2D eigenvalue weighted by atomic mass is 10.3. The molecule has 0 bridgehead atoms. The summed E-state index contributed by atoms with van der Waals surface area (Å²) < 4.78 is 0. The molecule has 0 spiro atoms. The van der Waals surface area contributed by atoms with Crippen molar-refractivity contribution in [3.8, 4) is 0 Å². The van der Waals surface area contributed by atoms with Crippen LogP contribution in [0.5, 0.6) is 0 Å². The number of imide groups is 1. The molecule has 19 heavy (non-hydrogen) atoms. The van der Waals surface area contributed by atoms with Gasteiger partial charge in [0.1, 0.15) is 0 Å². The molecule has 1 rings (SSSR count). The van der Waals surface area contributed by atoms with Gasteiger partial charge in [-0.15, -0.1) is 5.06 Å². The Morgan fingerprint density at radius 3 is 2.32 bits per heavy atom. The van der Waals surface area contributed by atoms with Gasteiger partial charge in [-0.3, -0.25) is 14.4 Å². The average molecular weight is 270 g/mol. The van der Waals surface area contributed by atoms with Crippen LogP contribution in [-0.2, 0) is 24.0 Å². The summed E-state index contributed by atoms with van der Waals surface area (Å²) in [6, 6.07) is 0. The molecule has 1 aliphatic rings. The van der Waals surface area contributed by atoms with E-state index in [2.05, 4.69) is 4.84 Å². The van der Waals surface area contributed by atoms with Crippen molar-refractivity contribution in [1.29, 1.82) is 0 Å². The Balaban J connectivity index is 2.34. The molecule has 106 valence electrons. The molecule has 1 fully saturated rings. The Labute approximate surface area is 111 Å². The molecule has 0 N–H and O–H groups in total. The molecule has 1 aliphatic heterocycles. The normalized spacial score (nSPS) is 14.7. The quantitative estimate of drug-likeness (QED) is 0.646. The standard InChI is InChI=1S/C12H18N2O5/c1-3-8-13(2)9(15)6-7-12(18)19-14-10(16)4-5-11(14)17/h3-8H2,1-2H3. The van der Waals surface area contributed by atoms with E-state index in [0.29, 0.717) is 11.6 Å². The third-order valence-corrected chi connectivity index (χ3v) is 2.73. The van der Waals surface area contributed by atoms with Crippen molar-refractivity contribution >= 4 is 23.7 Å². The first-order valence-electron chi connectivity index (χ1n) is 6.26. The van der Waals surface area contributed by atoms with Crippen LogP contribution >= 0.6 is 0 Å². The van der Waals surface area contributed by atoms with E-state index in [9.17, 15) is 19.2 Å². The van der Waals surface area contributed by atoms with Crippen LogP contribution in [0.2, 0.25) is 0 Å².